The first-order chi connectivity index (χ1) is 8.28. The van der Waals surface area contributed by atoms with E-state index < -0.39 is 5.60 Å². The first-order valence-electron chi connectivity index (χ1n) is 6.30. The number of benzene rings is 1. The average Bonchev–Trinajstić information content (AvgIpc) is 2.25. The standard InChI is InChI=1S/C15H23NO2/c1-12-5-7-13(8-6-12)9-10-14(17)16(4)11-15(2,3)18/h5-8,18H,9-11H2,1-4H3. The van der Waals surface area contributed by atoms with E-state index in [1.165, 1.54) is 11.1 Å². The quantitative estimate of drug-likeness (QED) is 0.868. The minimum Gasteiger partial charge on any atom is -0.389 e. The van der Waals surface area contributed by atoms with Crippen LogP contribution in [-0.2, 0) is 11.2 Å². The van der Waals surface area contributed by atoms with Crippen LogP contribution in [0.25, 0.3) is 0 Å². The van der Waals surface area contributed by atoms with Gasteiger partial charge in [-0.15, -0.1) is 0 Å². The van der Waals surface area contributed by atoms with Gasteiger partial charge in [-0.3, -0.25) is 4.79 Å². The summed E-state index contributed by atoms with van der Waals surface area (Å²) in [5.74, 6) is 0.0673. The van der Waals surface area contributed by atoms with Gasteiger partial charge in [0.1, 0.15) is 0 Å². The minimum absolute atomic E-state index is 0.0673. The maximum atomic E-state index is 11.9. The van der Waals surface area contributed by atoms with Crippen LogP contribution in [0.4, 0.5) is 0 Å². The Kier molecular flexibility index (Phi) is 4.91. The SMILES string of the molecule is Cc1ccc(CCC(=O)N(C)CC(C)(C)O)cc1. The number of carbonyl (C=O) groups is 1. The van der Waals surface area contributed by atoms with E-state index in [4.69, 9.17) is 0 Å². The maximum absolute atomic E-state index is 11.9. The zero-order chi connectivity index (χ0) is 13.8. The Morgan fingerprint density at radius 1 is 1.28 bits per heavy atom. The molecule has 0 bridgehead atoms. The van der Waals surface area contributed by atoms with Gasteiger partial charge in [-0.05, 0) is 32.8 Å². The third-order valence-corrected chi connectivity index (χ3v) is 2.80. The van der Waals surface area contributed by atoms with E-state index >= 15 is 0 Å². The number of carbonyl (C=O) groups excluding carboxylic acids is 1. The van der Waals surface area contributed by atoms with Gasteiger partial charge < -0.3 is 10.0 Å². The second-order valence-electron chi connectivity index (χ2n) is 5.55. The zero-order valence-electron chi connectivity index (χ0n) is 11.7. The number of rotatable bonds is 5. The molecule has 0 radical (unpaired) electrons. The molecule has 0 aliphatic carbocycles. The Bertz CT molecular complexity index is 390. The van der Waals surface area contributed by atoms with Crippen LogP contribution in [0.15, 0.2) is 24.3 Å². The van der Waals surface area contributed by atoms with Crippen molar-refractivity contribution in [3.8, 4) is 0 Å². The fourth-order valence-corrected chi connectivity index (χ4v) is 1.87. The molecule has 0 heterocycles. The number of aryl methyl sites for hydroxylation is 2. The van der Waals surface area contributed by atoms with Gasteiger partial charge in [0.2, 0.25) is 5.91 Å². The molecule has 0 saturated heterocycles. The number of amides is 1. The Hall–Kier alpha value is -1.35. The van der Waals surface area contributed by atoms with Crippen LogP contribution in [-0.4, -0.2) is 35.1 Å². The molecule has 1 aromatic carbocycles. The number of nitrogens with zero attached hydrogens (tertiary/aromatic N) is 1. The van der Waals surface area contributed by atoms with Crippen molar-refractivity contribution in [3.63, 3.8) is 0 Å². The highest BCUT2D eigenvalue weighted by molar-refractivity contribution is 5.76. The van der Waals surface area contributed by atoms with Gasteiger partial charge in [-0.1, -0.05) is 29.8 Å². The summed E-state index contributed by atoms with van der Waals surface area (Å²) in [4.78, 5) is 13.5. The molecule has 3 nitrogen and oxygen atoms in total. The third-order valence-electron chi connectivity index (χ3n) is 2.80. The summed E-state index contributed by atoms with van der Waals surface area (Å²) in [6, 6.07) is 8.22. The summed E-state index contributed by atoms with van der Waals surface area (Å²) in [6.45, 7) is 5.82. The molecular formula is C15H23NO2. The van der Waals surface area contributed by atoms with Crippen molar-refractivity contribution in [1.82, 2.24) is 4.90 Å². The number of likely N-dealkylation sites (N-methyl/N-ethyl adjacent to an activating group) is 1. The number of hydrogen-bond acceptors (Lipinski definition) is 2. The van der Waals surface area contributed by atoms with Crippen molar-refractivity contribution in [2.24, 2.45) is 0 Å². The number of aliphatic hydroxyl groups is 1. The van der Waals surface area contributed by atoms with Crippen LogP contribution in [0.5, 0.6) is 0 Å². The number of hydrogen-bond donors (Lipinski definition) is 1. The van der Waals surface area contributed by atoms with E-state index in [2.05, 4.69) is 24.3 Å². The lowest BCUT2D eigenvalue weighted by molar-refractivity contribution is -0.132. The van der Waals surface area contributed by atoms with Crippen molar-refractivity contribution in [2.75, 3.05) is 13.6 Å². The smallest absolute Gasteiger partial charge is 0.222 e. The van der Waals surface area contributed by atoms with Crippen molar-refractivity contribution in [2.45, 2.75) is 39.2 Å². The Morgan fingerprint density at radius 3 is 2.33 bits per heavy atom. The second-order valence-corrected chi connectivity index (χ2v) is 5.55. The topological polar surface area (TPSA) is 40.5 Å². The summed E-state index contributed by atoms with van der Waals surface area (Å²) < 4.78 is 0. The molecule has 1 aromatic rings. The van der Waals surface area contributed by atoms with Gasteiger partial charge in [0, 0.05) is 20.0 Å². The summed E-state index contributed by atoms with van der Waals surface area (Å²) in [6.07, 6.45) is 1.23. The molecule has 100 valence electrons. The highest BCUT2D eigenvalue weighted by Gasteiger charge is 2.18. The lowest BCUT2D eigenvalue weighted by Crippen LogP contribution is -2.39. The van der Waals surface area contributed by atoms with Gasteiger partial charge in [0.15, 0.2) is 0 Å². The van der Waals surface area contributed by atoms with E-state index in [-0.39, 0.29) is 5.91 Å². The molecule has 0 fully saturated rings. The average molecular weight is 249 g/mol. The Morgan fingerprint density at radius 2 is 1.83 bits per heavy atom. The van der Waals surface area contributed by atoms with Crippen molar-refractivity contribution < 1.29 is 9.90 Å². The molecule has 1 rings (SSSR count). The zero-order valence-corrected chi connectivity index (χ0v) is 11.7. The maximum Gasteiger partial charge on any atom is 0.222 e. The normalized spacial score (nSPS) is 11.4. The molecule has 1 N–H and O–H groups in total. The molecule has 1 amide bonds. The minimum atomic E-state index is -0.839. The molecule has 0 aliphatic rings. The summed E-state index contributed by atoms with van der Waals surface area (Å²) in [7, 11) is 1.73. The van der Waals surface area contributed by atoms with Gasteiger partial charge >= 0.3 is 0 Å². The van der Waals surface area contributed by atoms with E-state index in [9.17, 15) is 9.90 Å². The molecule has 0 saturated carbocycles. The summed E-state index contributed by atoms with van der Waals surface area (Å²) >= 11 is 0. The molecule has 0 aromatic heterocycles. The van der Waals surface area contributed by atoms with Crippen LogP contribution < -0.4 is 0 Å². The van der Waals surface area contributed by atoms with Crippen LogP contribution in [0, 0.1) is 6.92 Å². The monoisotopic (exact) mass is 249 g/mol. The van der Waals surface area contributed by atoms with Crippen LogP contribution in [0.2, 0.25) is 0 Å². The van der Waals surface area contributed by atoms with Crippen LogP contribution >= 0.6 is 0 Å². The largest absolute Gasteiger partial charge is 0.389 e. The summed E-state index contributed by atoms with van der Waals surface area (Å²) in [5.41, 5.74) is 1.56. The fraction of sp³-hybridized carbons (Fsp3) is 0.533. The molecule has 0 aliphatic heterocycles. The van der Waals surface area contributed by atoms with E-state index in [1.54, 1.807) is 25.8 Å². The van der Waals surface area contributed by atoms with Gasteiger partial charge in [-0.2, -0.15) is 0 Å². The molecule has 0 atom stereocenters. The third kappa shape index (κ3) is 5.32. The second kappa shape index (κ2) is 6.01. The van der Waals surface area contributed by atoms with Crippen molar-refractivity contribution in [3.05, 3.63) is 35.4 Å². The fourth-order valence-electron chi connectivity index (χ4n) is 1.87. The van der Waals surface area contributed by atoms with E-state index in [0.29, 0.717) is 13.0 Å². The predicted octanol–water partition coefficient (Wildman–Crippen LogP) is 2.16. The molecule has 18 heavy (non-hydrogen) atoms. The van der Waals surface area contributed by atoms with Gasteiger partial charge in [0.05, 0.1) is 5.60 Å². The van der Waals surface area contributed by atoms with Crippen molar-refractivity contribution in [1.29, 1.82) is 0 Å². The van der Waals surface area contributed by atoms with Crippen LogP contribution in [0.1, 0.15) is 31.4 Å². The summed E-state index contributed by atoms with van der Waals surface area (Å²) in [5, 5.41) is 9.66. The molecule has 0 unspecified atom stereocenters. The first kappa shape index (κ1) is 14.7. The van der Waals surface area contributed by atoms with Crippen LogP contribution in [0.3, 0.4) is 0 Å². The molecular weight excluding hydrogens is 226 g/mol. The Labute approximate surface area is 109 Å². The molecule has 3 heteroatoms. The lowest BCUT2D eigenvalue weighted by Gasteiger charge is -2.25. The highest BCUT2D eigenvalue weighted by atomic mass is 16.3. The predicted molar refractivity (Wildman–Crippen MR) is 73.4 cm³/mol. The van der Waals surface area contributed by atoms with E-state index in [0.717, 1.165) is 6.42 Å². The van der Waals surface area contributed by atoms with Gasteiger partial charge in [0.25, 0.3) is 0 Å². The van der Waals surface area contributed by atoms with E-state index in [1.807, 2.05) is 6.92 Å². The Balaban J connectivity index is 2.43. The highest BCUT2D eigenvalue weighted by Crippen LogP contribution is 2.09. The lowest BCUT2D eigenvalue weighted by atomic mass is 10.1. The first-order valence-corrected chi connectivity index (χ1v) is 6.30. The van der Waals surface area contributed by atoms with Crippen molar-refractivity contribution >= 4 is 5.91 Å². The van der Waals surface area contributed by atoms with Gasteiger partial charge in [-0.25, -0.2) is 0 Å². The molecule has 0 spiro atoms.